The Morgan fingerprint density at radius 3 is 2.70 bits per heavy atom. The minimum Gasteiger partial charge on any atom is -0.369 e. The van der Waals surface area contributed by atoms with Crippen molar-refractivity contribution in [3.8, 4) is 0 Å². The third kappa shape index (κ3) is 4.52. The quantitative estimate of drug-likeness (QED) is 0.801. The third-order valence-corrected chi connectivity index (χ3v) is 4.41. The maximum atomic E-state index is 3.69. The molecule has 1 fully saturated rings. The van der Waals surface area contributed by atoms with Gasteiger partial charge in [0, 0.05) is 24.3 Å². The zero-order valence-corrected chi connectivity index (χ0v) is 13.1. The molecule has 0 amide bonds. The van der Waals surface area contributed by atoms with Gasteiger partial charge in [-0.3, -0.25) is 0 Å². The first-order valence-corrected chi connectivity index (χ1v) is 8.36. The molecule has 0 spiro atoms. The Labute approximate surface area is 124 Å². The first-order chi connectivity index (χ1) is 9.81. The second-order valence-electron chi connectivity index (χ2n) is 6.11. The fourth-order valence-electron chi connectivity index (χ4n) is 3.22. The Bertz CT molecular complexity index is 357. The van der Waals surface area contributed by atoms with Crippen molar-refractivity contribution in [2.24, 2.45) is 0 Å². The molecular weight excluding hydrogens is 244 g/mol. The Balaban J connectivity index is 1.97. The van der Waals surface area contributed by atoms with Crippen LogP contribution in [0.5, 0.6) is 0 Å². The van der Waals surface area contributed by atoms with Gasteiger partial charge in [-0.15, -0.1) is 0 Å². The van der Waals surface area contributed by atoms with Crippen molar-refractivity contribution in [1.29, 1.82) is 0 Å². The summed E-state index contributed by atoms with van der Waals surface area (Å²) in [4.78, 5) is 2.60. The van der Waals surface area contributed by atoms with E-state index in [1.54, 1.807) is 0 Å². The van der Waals surface area contributed by atoms with E-state index in [2.05, 4.69) is 54.4 Å². The second-order valence-corrected chi connectivity index (χ2v) is 6.11. The molecule has 0 bridgehead atoms. The molecule has 1 aromatic rings. The zero-order chi connectivity index (χ0) is 14.2. The largest absolute Gasteiger partial charge is 0.369 e. The lowest BCUT2D eigenvalue weighted by atomic mass is 9.97. The van der Waals surface area contributed by atoms with Crippen molar-refractivity contribution in [2.75, 3.05) is 18.0 Å². The van der Waals surface area contributed by atoms with E-state index in [-0.39, 0.29) is 0 Å². The lowest BCUT2D eigenvalue weighted by Gasteiger charge is -2.35. The van der Waals surface area contributed by atoms with Crippen molar-refractivity contribution in [2.45, 2.75) is 64.5 Å². The molecular formula is C18H30N2. The monoisotopic (exact) mass is 274 g/mol. The molecule has 2 rings (SSSR count). The molecule has 0 saturated carbocycles. The maximum absolute atomic E-state index is 3.69. The summed E-state index contributed by atoms with van der Waals surface area (Å²) in [5.41, 5.74) is 1.38. The molecule has 0 aromatic heterocycles. The second kappa shape index (κ2) is 8.31. The molecule has 2 nitrogen and oxygen atoms in total. The summed E-state index contributed by atoms with van der Waals surface area (Å²) >= 11 is 0. The van der Waals surface area contributed by atoms with Gasteiger partial charge in [-0.05, 0) is 51.3 Å². The molecule has 1 heterocycles. The van der Waals surface area contributed by atoms with Crippen molar-refractivity contribution >= 4 is 5.69 Å². The highest BCUT2D eigenvalue weighted by molar-refractivity contribution is 5.46. The van der Waals surface area contributed by atoms with E-state index in [1.807, 2.05) is 0 Å². The number of piperidine rings is 1. The van der Waals surface area contributed by atoms with Gasteiger partial charge in [-0.2, -0.15) is 0 Å². The number of nitrogens with zero attached hydrogens (tertiary/aromatic N) is 1. The van der Waals surface area contributed by atoms with Crippen LogP contribution in [-0.4, -0.2) is 25.2 Å². The van der Waals surface area contributed by atoms with Gasteiger partial charge in [0.15, 0.2) is 0 Å². The van der Waals surface area contributed by atoms with Gasteiger partial charge in [-0.25, -0.2) is 0 Å². The Morgan fingerprint density at radius 2 is 2.05 bits per heavy atom. The van der Waals surface area contributed by atoms with Crippen LogP contribution in [0.1, 0.15) is 52.4 Å². The number of unbranched alkanes of at least 4 members (excludes halogenated alkanes) is 1. The molecule has 0 radical (unpaired) electrons. The number of hydrogen-bond donors (Lipinski definition) is 1. The molecule has 1 aliphatic heterocycles. The number of nitrogens with one attached hydrogen (secondary N) is 1. The molecule has 1 aromatic carbocycles. The number of benzene rings is 1. The summed E-state index contributed by atoms with van der Waals surface area (Å²) in [5, 5.41) is 3.69. The Morgan fingerprint density at radius 1 is 1.25 bits per heavy atom. The summed E-state index contributed by atoms with van der Waals surface area (Å²) in [7, 11) is 0. The van der Waals surface area contributed by atoms with E-state index in [9.17, 15) is 0 Å². The van der Waals surface area contributed by atoms with Crippen LogP contribution in [0.4, 0.5) is 5.69 Å². The van der Waals surface area contributed by atoms with Gasteiger partial charge >= 0.3 is 0 Å². The zero-order valence-electron chi connectivity index (χ0n) is 13.1. The number of anilines is 1. The van der Waals surface area contributed by atoms with Crippen LogP contribution in [0, 0.1) is 0 Å². The lowest BCUT2D eigenvalue weighted by molar-refractivity contribution is 0.358. The fourth-order valence-corrected chi connectivity index (χ4v) is 3.22. The standard InChI is InChI=1S/C18H30N2/c1-3-4-14-20(18-11-6-5-7-12-18)16(2)15-17-10-8-9-13-19-17/h5-7,11-12,16-17,19H,3-4,8-10,13-15H2,1-2H3. The highest BCUT2D eigenvalue weighted by Gasteiger charge is 2.20. The van der Waals surface area contributed by atoms with Crippen LogP contribution < -0.4 is 10.2 Å². The van der Waals surface area contributed by atoms with Gasteiger partial charge in [-0.1, -0.05) is 38.0 Å². The van der Waals surface area contributed by atoms with E-state index >= 15 is 0 Å². The SMILES string of the molecule is CCCCN(c1ccccc1)C(C)CC1CCCCN1. The summed E-state index contributed by atoms with van der Waals surface area (Å²) in [6.45, 7) is 7.04. The van der Waals surface area contributed by atoms with Crippen LogP contribution in [0.3, 0.4) is 0 Å². The highest BCUT2D eigenvalue weighted by Crippen LogP contribution is 2.22. The first-order valence-electron chi connectivity index (χ1n) is 8.36. The molecule has 1 N–H and O–H groups in total. The van der Waals surface area contributed by atoms with Crippen molar-refractivity contribution < 1.29 is 0 Å². The van der Waals surface area contributed by atoms with E-state index < -0.39 is 0 Å². The van der Waals surface area contributed by atoms with Crippen molar-refractivity contribution in [3.05, 3.63) is 30.3 Å². The lowest BCUT2D eigenvalue weighted by Crippen LogP contribution is -2.42. The van der Waals surface area contributed by atoms with Gasteiger partial charge < -0.3 is 10.2 Å². The molecule has 112 valence electrons. The van der Waals surface area contributed by atoms with E-state index in [1.165, 1.54) is 57.3 Å². The molecule has 20 heavy (non-hydrogen) atoms. The smallest absolute Gasteiger partial charge is 0.0368 e. The molecule has 0 aliphatic carbocycles. The normalized spacial score (nSPS) is 20.6. The molecule has 1 aliphatic rings. The number of rotatable bonds is 7. The van der Waals surface area contributed by atoms with E-state index in [0.29, 0.717) is 12.1 Å². The summed E-state index contributed by atoms with van der Waals surface area (Å²) in [5.74, 6) is 0. The number of hydrogen-bond acceptors (Lipinski definition) is 2. The predicted molar refractivity (Wildman–Crippen MR) is 88.4 cm³/mol. The predicted octanol–water partition coefficient (Wildman–Crippen LogP) is 4.21. The Kier molecular flexibility index (Phi) is 6.38. The topological polar surface area (TPSA) is 15.3 Å². The molecule has 2 unspecified atom stereocenters. The molecule has 1 saturated heterocycles. The minimum atomic E-state index is 0.611. The first kappa shape index (κ1) is 15.4. The average Bonchev–Trinajstić information content (AvgIpc) is 2.50. The molecule has 2 heteroatoms. The van der Waals surface area contributed by atoms with E-state index in [0.717, 1.165) is 0 Å². The fraction of sp³-hybridized carbons (Fsp3) is 0.667. The average molecular weight is 274 g/mol. The van der Waals surface area contributed by atoms with Crippen LogP contribution >= 0.6 is 0 Å². The van der Waals surface area contributed by atoms with Gasteiger partial charge in [0.1, 0.15) is 0 Å². The number of para-hydroxylation sites is 1. The van der Waals surface area contributed by atoms with Crippen LogP contribution in [-0.2, 0) is 0 Å². The van der Waals surface area contributed by atoms with Gasteiger partial charge in [0.05, 0.1) is 0 Å². The van der Waals surface area contributed by atoms with Gasteiger partial charge in [0.25, 0.3) is 0 Å². The van der Waals surface area contributed by atoms with Crippen LogP contribution in [0.2, 0.25) is 0 Å². The molecule has 2 atom stereocenters. The van der Waals surface area contributed by atoms with Crippen LogP contribution in [0.25, 0.3) is 0 Å². The summed E-state index contributed by atoms with van der Waals surface area (Å²) in [6.07, 6.45) is 7.89. The summed E-state index contributed by atoms with van der Waals surface area (Å²) < 4.78 is 0. The van der Waals surface area contributed by atoms with Crippen LogP contribution in [0.15, 0.2) is 30.3 Å². The third-order valence-electron chi connectivity index (χ3n) is 4.41. The summed E-state index contributed by atoms with van der Waals surface area (Å²) in [6, 6.07) is 12.2. The van der Waals surface area contributed by atoms with Gasteiger partial charge in [0.2, 0.25) is 0 Å². The van der Waals surface area contributed by atoms with Crippen molar-refractivity contribution in [3.63, 3.8) is 0 Å². The highest BCUT2D eigenvalue weighted by atomic mass is 15.2. The maximum Gasteiger partial charge on any atom is 0.0368 e. The van der Waals surface area contributed by atoms with Crippen molar-refractivity contribution in [1.82, 2.24) is 5.32 Å². The Hall–Kier alpha value is -1.02. The minimum absolute atomic E-state index is 0.611. The van der Waals surface area contributed by atoms with E-state index in [4.69, 9.17) is 0 Å².